The Bertz CT molecular complexity index is 1330. The summed E-state index contributed by atoms with van der Waals surface area (Å²) in [6.45, 7) is 6.43. The number of hydrogen-bond donors (Lipinski definition) is 0. The first-order valence-corrected chi connectivity index (χ1v) is 12.5. The number of aryl methyl sites for hydroxylation is 1. The summed E-state index contributed by atoms with van der Waals surface area (Å²) >= 11 is 0. The van der Waals surface area contributed by atoms with Crippen LogP contribution in [-0.2, 0) is 16.4 Å². The Morgan fingerprint density at radius 3 is 2.21 bits per heavy atom. The highest BCUT2D eigenvalue weighted by molar-refractivity contribution is 7.89. The van der Waals surface area contributed by atoms with E-state index in [1.54, 1.807) is 4.90 Å². The minimum atomic E-state index is -3.70. The number of hydrogen-bond acceptors (Lipinski definition) is 5. The van der Waals surface area contributed by atoms with Crippen LogP contribution in [0.15, 0.2) is 53.4 Å². The summed E-state index contributed by atoms with van der Waals surface area (Å²) in [5, 5.41) is 0.817. The molecule has 33 heavy (non-hydrogen) atoms. The van der Waals surface area contributed by atoms with Crippen molar-refractivity contribution in [3.05, 3.63) is 70.9 Å². The molecule has 0 unspecified atom stereocenters. The number of aromatic nitrogens is 1. The van der Waals surface area contributed by atoms with Gasteiger partial charge in [0.05, 0.1) is 16.0 Å². The van der Waals surface area contributed by atoms with Gasteiger partial charge >= 0.3 is 0 Å². The van der Waals surface area contributed by atoms with Gasteiger partial charge in [0.25, 0.3) is 5.91 Å². The molecule has 0 bridgehead atoms. The van der Waals surface area contributed by atoms with Crippen molar-refractivity contribution < 1.29 is 18.0 Å². The maximum Gasteiger partial charge on any atom is 0.254 e. The summed E-state index contributed by atoms with van der Waals surface area (Å²) in [4.78, 5) is 31.6. The second-order valence-electron chi connectivity index (χ2n) is 8.21. The van der Waals surface area contributed by atoms with Gasteiger partial charge in [-0.15, -0.1) is 0 Å². The van der Waals surface area contributed by atoms with Crippen LogP contribution in [0, 0.1) is 6.92 Å². The average molecular weight is 466 g/mol. The van der Waals surface area contributed by atoms with Crippen LogP contribution < -0.4 is 0 Å². The van der Waals surface area contributed by atoms with Crippen molar-refractivity contribution in [1.29, 1.82) is 0 Å². The second kappa shape index (κ2) is 9.03. The Kier molecular flexibility index (Phi) is 6.32. The first-order chi connectivity index (χ1) is 15.7. The van der Waals surface area contributed by atoms with Gasteiger partial charge in [-0.25, -0.2) is 8.42 Å². The molecule has 1 saturated heterocycles. The summed E-state index contributed by atoms with van der Waals surface area (Å²) in [5.74, 6) is -0.208. The van der Waals surface area contributed by atoms with Crippen LogP contribution in [0.3, 0.4) is 0 Å². The molecule has 172 valence electrons. The fourth-order valence-electron chi connectivity index (χ4n) is 4.28. The van der Waals surface area contributed by atoms with E-state index < -0.39 is 10.0 Å². The first-order valence-electron chi connectivity index (χ1n) is 11.0. The fourth-order valence-corrected chi connectivity index (χ4v) is 5.70. The van der Waals surface area contributed by atoms with Gasteiger partial charge in [-0.2, -0.15) is 4.31 Å². The molecule has 0 atom stereocenters. The fraction of sp³-hybridized carbons (Fsp3) is 0.320. The highest BCUT2D eigenvalue weighted by Gasteiger charge is 2.31. The number of ketones is 1. The first kappa shape index (κ1) is 23.1. The number of piperazine rings is 1. The molecule has 7 nitrogen and oxygen atoms in total. The van der Waals surface area contributed by atoms with Crippen LogP contribution in [0.5, 0.6) is 0 Å². The summed E-state index contributed by atoms with van der Waals surface area (Å²) in [7, 11) is -3.70. The molecular weight excluding hydrogens is 438 g/mol. The van der Waals surface area contributed by atoms with Crippen molar-refractivity contribution >= 4 is 32.6 Å². The molecular formula is C25H27N3O4S. The predicted molar refractivity (Wildman–Crippen MR) is 127 cm³/mol. The minimum absolute atomic E-state index is 0.0938. The van der Waals surface area contributed by atoms with Crippen molar-refractivity contribution in [3.8, 4) is 0 Å². The zero-order valence-electron chi connectivity index (χ0n) is 19.0. The number of amides is 1. The Hall–Kier alpha value is -3.10. The second-order valence-corrected chi connectivity index (χ2v) is 10.1. The third kappa shape index (κ3) is 4.28. The zero-order chi connectivity index (χ0) is 23.8. The molecule has 3 aromatic rings. The molecule has 1 fully saturated rings. The number of para-hydroxylation sites is 1. The number of nitrogens with zero attached hydrogens (tertiary/aromatic N) is 3. The number of carbonyl (C=O) groups is 2. The van der Waals surface area contributed by atoms with Crippen LogP contribution in [0.1, 0.15) is 45.8 Å². The Balaban J connectivity index is 1.55. The molecule has 8 heteroatoms. The van der Waals surface area contributed by atoms with E-state index in [9.17, 15) is 18.0 Å². The van der Waals surface area contributed by atoms with Crippen LogP contribution in [0.4, 0.5) is 0 Å². The van der Waals surface area contributed by atoms with Gasteiger partial charge in [-0.05, 0) is 44.0 Å². The van der Waals surface area contributed by atoms with Gasteiger partial charge in [0.15, 0.2) is 5.78 Å². The maximum atomic E-state index is 13.5. The molecule has 0 spiro atoms. The number of benzene rings is 2. The molecule has 2 heterocycles. The third-order valence-electron chi connectivity index (χ3n) is 6.21. The summed E-state index contributed by atoms with van der Waals surface area (Å²) in [5.41, 5.74) is 3.68. The van der Waals surface area contributed by atoms with Crippen LogP contribution in [0.2, 0.25) is 0 Å². The van der Waals surface area contributed by atoms with Gasteiger partial charge in [0.2, 0.25) is 10.0 Å². The van der Waals surface area contributed by atoms with Crippen LogP contribution in [0.25, 0.3) is 10.9 Å². The Morgan fingerprint density at radius 1 is 0.970 bits per heavy atom. The monoisotopic (exact) mass is 465 g/mol. The number of carbonyl (C=O) groups excluding carboxylic acids is 2. The normalized spacial score (nSPS) is 15.1. The largest absolute Gasteiger partial charge is 0.336 e. The lowest BCUT2D eigenvalue weighted by atomic mass is 9.99. The Morgan fingerprint density at radius 2 is 1.61 bits per heavy atom. The third-order valence-corrected chi connectivity index (χ3v) is 8.12. The standard InChI is InChI=1S/C25H27N3O4S/c1-4-22-17(2)24(21-7-5-6-8-23(21)26-22)25(30)27-13-15-28(16-14-27)33(31,32)20-11-9-19(10-12-20)18(3)29/h5-12H,4,13-16H2,1-3H3. The van der Waals surface area contributed by atoms with Gasteiger partial charge in [-0.1, -0.05) is 37.3 Å². The Labute approximate surface area is 194 Å². The molecule has 2 aromatic carbocycles. The molecule has 4 rings (SSSR count). The van der Waals surface area contributed by atoms with Crippen molar-refractivity contribution in [2.75, 3.05) is 26.2 Å². The van der Waals surface area contributed by atoms with E-state index in [4.69, 9.17) is 4.98 Å². The van der Waals surface area contributed by atoms with Crippen molar-refractivity contribution in [3.63, 3.8) is 0 Å². The van der Waals surface area contributed by atoms with E-state index in [1.807, 2.05) is 38.1 Å². The SMILES string of the molecule is CCc1nc2ccccc2c(C(=O)N2CCN(S(=O)(=O)c3ccc(C(C)=O)cc3)CC2)c1C. The van der Waals surface area contributed by atoms with Crippen molar-refractivity contribution in [1.82, 2.24) is 14.2 Å². The molecule has 0 saturated carbocycles. The molecule has 1 amide bonds. The van der Waals surface area contributed by atoms with E-state index in [1.165, 1.54) is 35.5 Å². The summed E-state index contributed by atoms with van der Waals surface area (Å²) in [6, 6.07) is 13.6. The van der Waals surface area contributed by atoms with Crippen molar-refractivity contribution in [2.45, 2.75) is 32.1 Å². The summed E-state index contributed by atoms with van der Waals surface area (Å²) in [6.07, 6.45) is 0.728. The molecule has 0 radical (unpaired) electrons. The average Bonchev–Trinajstić information content (AvgIpc) is 2.83. The minimum Gasteiger partial charge on any atom is -0.336 e. The predicted octanol–water partition coefficient (Wildman–Crippen LogP) is 3.45. The lowest BCUT2D eigenvalue weighted by Gasteiger charge is -2.34. The van der Waals surface area contributed by atoms with E-state index in [0.717, 1.165) is 28.6 Å². The quantitative estimate of drug-likeness (QED) is 0.539. The van der Waals surface area contributed by atoms with Gasteiger partial charge in [0, 0.05) is 42.8 Å². The van der Waals surface area contributed by atoms with Crippen molar-refractivity contribution in [2.24, 2.45) is 0 Å². The maximum absolute atomic E-state index is 13.5. The van der Waals surface area contributed by atoms with Crippen LogP contribution in [-0.4, -0.2) is 60.5 Å². The van der Waals surface area contributed by atoms with Crippen LogP contribution >= 0.6 is 0 Å². The highest BCUT2D eigenvalue weighted by Crippen LogP contribution is 2.26. The van der Waals surface area contributed by atoms with Gasteiger partial charge < -0.3 is 4.90 Å². The number of sulfonamides is 1. The molecule has 0 aliphatic carbocycles. The number of rotatable bonds is 5. The number of pyridine rings is 1. The lowest BCUT2D eigenvalue weighted by Crippen LogP contribution is -2.50. The zero-order valence-corrected chi connectivity index (χ0v) is 19.9. The number of fused-ring (bicyclic) bond motifs is 1. The van der Waals surface area contributed by atoms with Gasteiger partial charge in [-0.3, -0.25) is 14.6 Å². The molecule has 1 aliphatic heterocycles. The smallest absolute Gasteiger partial charge is 0.254 e. The molecule has 1 aromatic heterocycles. The molecule has 1 aliphatic rings. The topological polar surface area (TPSA) is 87.7 Å². The number of Topliss-reactive ketones (excluding diaryl/α,β-unsaturated/α-hetero) is 1. The highest BCUT2D eigenvalue weighted by atomic mass is 32.2. The van der Waals surface area contributed by atoms with E-state index in [0.29, 0.717) is 24.2 Å². The molecule has 0 N–H and O–H groups in total. The van der Waals surface area contributed by atoms with Gasteiger partial charge in [0.1, 0.15) is 0 Å². The lowest BCUT2D eigenvalue weighted by molar-refractivity contribution is 0.0699. The van der Waals surface area contributed by atoms with E-state index in [-0.39, 0.29) is 29.7 Å². The van der Waals surface area contributed by atoms with E-state index >= 15 is 0 Å². The van der Waals surface area contributed by atoms with E-state index in [2.05, 4.69) is 0 Å². The summed E-state index contributed by atoms with van der Waals surface area (Å²) < 4.78 is 27.5.